The molecule has 0 unspecified atom stereocenters. The Bertz CT molecular complexity index is 1020. The maximum atomic E-state index is 11.4. The van der Waals surface area contributed by atoms with Gasteiger partial charge in [0.1, 0.15) is 0 Å². The van der Waals surface area contributed by atoms with Gasteiger partial charge < -0.3 is 14.6 Å². The predicted molar refractivity (Wildman–Crippen MR) is 106 cm³/mol. The van der Waals surface area contributed by atoms with Crippen LogP contribution in [0.25, 0.3) is 22.2 Å². The predicted octanol–water partition coefficient (Wildman–Crippen LogP) is 4.72. The van der Waals surface area contributed by atoms with E-state index < -0.39 is 5.97 Å². The first-order valence-corrected chi connectivity index (χ1v) is 9.22. The smallest absolute Gasteiger partial charge is 0.335 e. The van der Waals surface area contributed by atoms with Gasteiger partial charge in [0.2, 0.25) is 0 Å². The molecule has 4 rings (SSSR count). The number of rotatable bonds is 4. The van der Waals surface area contributed by atoms with Gasteiger partial charge in [-0.15, -0.1) is 0 Å². The van der Waals surface area contributed by atoms with Crippen LogP contribution in [0.4, 0.5) is 5.69 Å². The number of aromatic carboxylic acids is 1. The maximum absolute atomic E-state index is 11.4. The number of carboxylic acid groups (broad SMARTS) is 1. The summed E-state index contributed by atoms with van der Waals surface area (Å²) >= 11 is 0. The van der Waals surface area contributed by atoms with Crippen molar-refractivity contribution < 1.29 is 9.90 Å². The van der Waals surface area contributed by atoms with Gasteiger partial charge in [-0.05, 0) is 49.1 Å². The van der Waals surface area contributed by atoms with Crippen LogP contribution in [-0.4, -0.2) is 29.2 Å². The number of benzene rings is 2. The first-order valence-electron chi connectivity index (χ1n) is 9.22. The molecule has 0 atom stereocenters. The molecule has 2 heterocycles. The van der Waals surface area contributed by atoms with E-state index >= 15 is 0 Å². The van der Waals surface area contributed by atoms with Crippen LogP contribution in [0.1, 0.15) is 34.8 Å². The number of carboxylic acids is 1. The van der Waals surface area contributed by atoms with E-state index in [1.807, 2.05) is 12.1 Å². The molecule has 0 saturated carbocycles. The Balaban J connectivity index is 1.95. The molecule has 0 amide bonds. The van der Waals surface area contributed by atoms with Crippen molar-refractivity contribution in [3.8, 4) is 11.3 Å². The van der Waals surface area contributed by atoms with E-state index in [2.05, 4.69) is 48.6 Å². The number of hydrogen-bond donors (Lipinski definition) is 1. The van der Waals surface area contributed by atoms with Crippen molar-refractivity contribution in [1.82, 2.24) is 4.57 Å². The SMILES string of the molecule is CCCN(C)c1cccc2c1CCn1c-2c(C)c2ccc(C(=O)O)cc21. The van der Waals surface area contributed by atoms with E-state index in [4.69, 9.17) is 0 Å². The fraction of sp³-hybridized carbons (Fsp3) is 0.318. The molecule has 2 aromatic carbocycles. The topological polar surface area (TPSA) is 45.5 Å². The summed E-state index contributed by atoms with van der Waals surface area (Å²) in [5.74, 6) is -0.875. The highest BCUT2D eigenvalue weighted by Crippen LogP contribution is 2.41. The van der Waals surface area contributed by atoms with Crippen LogP contribution >= 0.6 is 0 Å². The lowest BCUT2D eigenvalue weighted by Crippen LogP contribution is -2.21. The highest BCUT2D eigenvalue weighted by Gasteiger charge is 2.25. The fourth-order valence-corrected chi connectivity index (χ4v) is 4.33. The number of fused-ring (bicyclic) bond motifs is 5. The Morgan fingerprint density at radius 1 is 1.27 bits per heavy atom. The van der Waals surface area contributed by atoms with Gasteiger partial charge in [-0.2, -0.15) is 0 Å². The normalized spacial score (nSPS) is 12.7. The summed E-state index contributed by atoms with van der Waals surface area (Å²) in [6.07, 6.45) is 2.09. The highest BCUT2D eigenvalue weighted by atomic mass is 16.4. The number of hydrogen-bond acceptors (Lipinski definition) is 2. The van der Waals surface area contributed by atoms with E-state index in [-0.39, 0.29) is 0 Å². The summed E-state index contributed by atoms with van der Waals surface area (Å²) in [6, 6.07) is 12.0. The van der Waals surface area contributed by atoms with Gasteiger partial charge in [-0.1, -0.05) is 25.1 Å². The maximum Gasteiger partial charge on any atom is 0.335 e. The average molecular weight is 348 g/mol. The molecule has 0 aliphatic carbocycles. The van der Waals surface area contributed by atoms with Crippen LogP contribution in [-0.2, 0) is 13.0 Å². The minimum atomic E-state index is -0.875. The molecule has 4 nitrogen and oxygen atoms in total. The molecule has 1 aliphatic rings. The second kappa shape index (κ2) is 6.20. The van der Waals surface area contributed by atoms with Gasteiger partial charge in [0, 0.05) is 42.3 Å². The number of anilines is 1. The molecule has 1 N–H and O–H groups in total. The number of aryl methyl sites for hydroxylation is 2. The zero-order valence-corrected chi connectivity index (χ0v) is 15.5. The summed E-state index contributed by atoms with van der Waals surface area (Å²) in [5.41, 5.74) is 7.83. The van der Waals surface area contributed by atoms with Crippen molar-refractivity contribution in [2.75, 3.05) is 18.5 Å². The zero-order chi connectivity index (χ0) is 18.4. The molecule has 4 heteroatoms. The summed E-state index contributed by atoms with van der Waals surface area (Å²) in [4.78, 5) is 13.7. The summed E-state index contributed by atoms with van der Waals surface area (Å²) < 4.78 is 2.29. The summed E-state index contributed by atoms with van der Waals surface area (Å²) in [6.45, 7) is 6.27. The van der Waals surface area contributed by atoms with Crippen LogP contribution in [0, 0.1) is 6.92 Å². The van der Waals surface area contributed by atoms with Crippen molar-refractivity contribution in [3.05, 3.63) is 53.1 Å². The lowest BCUT2D eigenvalue weighted by Gasteiger charge is -2.28. The second-order valence-corrected chi connectivity index (χ2v) is 7.14. The molecule has 0 fully saturated rings. The van der Waals surface area contributed by atoms with Gasteiger partial charge in [-0.3, -0.25) is 0 Å². The molecular weight excluding hydrogens is 324 g/mol. The lowest BCUT2D eigenvalue weighted by molar-refractivity contribution is 0.0697. The molecule has 3 aromatic rings. The lowest BCUT2D eigenvalue weighted by atomic mass is 9.94. The Hall–Kier alpha value is -2.75. The summed E-state index contributed by atoms with van der Waals surface area (Å²) in [5, 5.41) is 10.5. The molecular formula is C22H24N2O2. The molecule has 0 bridgehead atoms. The standard InChI is InChI=1S/C22H24N2O2/c1-4-11-23(3)19-7-5-6-18-17(19)10-12-24-20-13-15(22(25)26)8-9-16(20)14(2)21(18)24/h5-9,13H,4,10-12H2,1-3H3,(H,25,26). The van der Waals surface area contributed by atoms with Crippen molar-refractivity contribution in [3.63, 3.8) is 0 Å². The van der Waals surface area contributed by atoms with Crippen LogP contribution in [0.5, 0.6) is 0 Å². The van der Waals surface area contributed by atoms with Gasteiger partial charge in [-0.25, -0.2) is 4.79 Å². The molecule has 134 valence electrons. The van der Waals surface area contributed by atoms with E-state index in [1.165, 1.54) is 28.1 Å². The Labute approximate surface area is 153 Å². The van der Waals surface area contributed by atoms with Crippen molar-refractivity contribution in [2.45, 2.75) is 33.2 Å². The van der Waals surface area contributed by atoms with Crippen molar-refractivity contribution in [2.24, 2.45) is 0 Å². The van der Waals surface area contributed by atoms with Crippen LogP contribution in [0.15, 0.2) is 36.4 Å². The average Bonchev–Trinajstić information content (AvgIpc) is 2.93. The van der Waals surface area contributed by atoms with Gasteiger partial charge in [0.15, 0.2) is 0 Å². The third-order valence-electron chi connectivity index (χ3n) is 5.53. The molecule has 0 spiro atoms. The van der Waals surface area contributed by atoms with Gasteiger partial charge in [0.05, 0.1) is 11.3 Å². The highest BCUT2D eigenvalue weighted by molar-refractivity contribution is 5.98. The molecule has 1 aliphatic heterocycles. The minimum absolute atomic E-state index is 0.347. The second-order valence-electron chi connectivity index (χ2n) is 7.14. The zero-order valence-electron chi connectivity index (χ0n) is 15.5. The Morgan fingerprint density at radius 2 is 2.08 bits per heavy atom. The number of carbonyl (C=O) groups is 1. The molecule has 0 radical (unpaired) electrons. The molecule has 1 aromatic heterocycles. The van der Waals surface area contributed by atoms with Crippen molar-refractivity contribution >= 4 is 22.6 Å². The quantitative estimate of drug-likeness (QED) is 0.742. The van der Waals surface area contributed by atoms with E-state index in [0.717, 1.165) is 36.8 Å². The molecule has 0 saturated heterocycles. The Morgan fingerprint density at radius 3 is 2.81 bits per heavy atom. The van der Waals surface area contributed by atoms with E-state index in [0.29, 0.717) is 5.56 Å². The monoisotopic (exact) mass is 348 g/mol. The van der Waals surface area contributed by atoms with Gasteiger partial charge in [0.25, 0.3) is 0 Å². The third kappa shape index (κ3) is 2.40. The third-order valence-corrected chi connectivity index (χ3v) is 5.53. The molecule has 26 heavy (non-hydrogen) atoms. The Kier molecular flexibility index (Phi) is 3.98. The first kappa shape index (κ1) is 16.7. The largest absolute Gasteiger partial charge is 0.478 e. The fourth-order valence-electron chi connectivity index (χ4n) is 4.33. The van der Waals surface area contributed by atoms with Crippen molar-refractivity contribution in [1.29, 1.82) is 0 Å². The first-order chi connectivity index (χ1) is 12.5. The number of nitrogens with zero attached hydrogens (tertiary/aromatic N) is 2. The van der Waals surface area contributed by atoms with E-state index in [9.17, 15) is 9.90 Å². The summed E-state index contributed by atoms with van der Waals surface area (Å²) in [7, 11) is 2.16. The van der Waals surface area contributed by atoms with Gasteiger partial charge >= 0.3 is 5.97 Å². The minimum Gasteiger partial charge on any atom is -0.478 e. The van der Waals surface area contributed by atoms with E-state index in [1.54, 1.807) is 6.07 Å². The van der Waals surface area contributed by atoms with Crippen LogP contribution in [0.3, 0.4) is 0 Å². The van der Waals surface area contributed by atoms with Crippen LogP contribution in [0.2, 0.25) is 0 Å². The van der Waals surface area contributed by atoms with Crippen LogP contribution < -0.4 is 4.90 Å². The number of aromatic nitrogens is 1.